The zero-order valence-electron chi connectivity index (χ0n) is 13.4. The predicted octanol–water partition coefficient (Wildman–Crippen LogP) is 4.30. The van der Waals surface area contributed by atoms with Gasteiger partial charge in [0.25, 0.3) is 0 Å². The lowest BCUT2D eigenvalue weighted by Crippen LogP contribution is -2.22. The molecule has 1 heterocycles. The van der Waals surface area contributed by atoms with Gasteiger partial charge in [0.2, 0.25) is 5.91 Å². The summed E-state index contributed by atoms with van der Waals surface area (Å²) < 4.78 is 0. The highest BCUT2D eigenvalue weighted by Gasteiger charge is 2.16. The molecule has 0 spiro atoms. The van der Waals surface area contributed by atoms with Crippen molar-refractivity contribution in [1.82, 2.24) is 9.97 Å². The number of anilines is 1. The van der Waals surface area contributed by atoms with Crippen molar-refractivity contribution in [3.05, 3.63) is 53.6 Å². The number of benzene rings is 2. The van der Waals surface area contributed by atoms with E-state index in [1.807, 2.05) is 57.2 Å². The van der Waals surface area contributed by atoms with Crippen LogP contribution in [0.2, 0.25) is 0 Å². The van der Waals surface area contributed by atoms with Crippen molar-refractivity contribution in [3.8, 4) is 0 Å². The summed E-state index contributed by atoms with van der Waals surface area (Å²) >= 11 is 1.43. The van der Waals surface area contributed by atoms with Gasteiger partial charge in [-0.2, -0.15) is 0 Å². The van der Waals surface area contributed by atoms with Gasteiger partial charge in [-0.05, 0) is 56.2 Å². The third kappa shape index (κ3) is 3.74. The third-order valence-corrected chi connectivity index (χ3v) is 4.54. The lowest BCUT2D eigenvalue weighted by molar-refractivity contribution is -0.115. The maximum absolute atomic E-state index is 12.3. The minimum atomic E-state index is -0.239. The van der Waals surface area contributed by atoms with E-state index in [0.717, 1.165) is 27.4 Å². The molecule has 3 aromatic rings. The van der Waals surface area contributed by atoms with E-state index in [1.54, 1.807) is 0 Å². The summed E-state index contributed by atoms with van der Waals surface area (Å²) in [5, 5.41) is 3.47. The molecule has 118 valence electrons. The van der Waals surface area contributed by atoms with Crippen LogP contribution in [0, 0.1) is 13.8 Å². The van der Waals surface area contributed by atoms with E-state index in [1.165, 1.54) is 17.3 Å². The highest BCUT2D eigenvalue weighted by atomic mass is 32.2. The molecule has 5 heteroatoms. The van der Waals surface area contributed by atoms with Crippen LogP contribution in [0.5, 0.6) is 0 Å². The summed E-state index contributed by atoms with van der Waals surface area (Å²) in [4.78, 5) is 20.1. The number of hydrogen-bond donors (Lipinski definition) is 2. The van der Waals surface area contributed by atoms with Crippen LogP contribution in [-0.2, 0) is 4.79 Å². The van der Waals surface area contributed by atoms with Crippen LogP contribution < -0.4 is 5.32 Å². The Morgan fingerprint density at radius 1 is 1.17 bits per heavy atom. The molecule has 0 aliphatic rings. The van der Waals surface area contributed by atoms with Crippen LogP contribution in [0.25, 0.3) is 11.0 Å². The summed E-state index contributed by atoms with van der Waals surface area (Å²) in [5.41, 5.74) is 5.05. The molecule has 2 aromatic carbocycles. The van der Waals surface area contributed by atoms with E-state index in [2.05, 4.69) is 21.4 Å². The molecule has 1 atom stereocenters. The van der Waals surface area contributed by atoms with Gasteiger partial charge in [0, 0.05) is 5.69 Å². The Morgan fingerprint density at radius 2 is 1.96 bits per heavy atom. The minimum Gasteiger partial charge on any atom is -0.333 e. The molecule has 0 radical (unpaired) electrons. The fourth-order valence-corrected chi connectivity index (χ4v) is 3.16. The van der Waals surface area contributed by atoms with Crippen molar-refractivity contribution in [2.24, 2.45) is 0 Å². The van der Waals surface area contributed by atoms with Gasteiger partial charge in [-0.25, -0.2) is 4.98 Å². The van der Waals surface area contributed by atoms with Gasteiger partial charge < -0.3 is 10.3 Å². The molecule has 1 amide bonds. The molecule has 0 saturated carbocycles. The predicted molar refractivity (Wildman–Crippen MR) is 96.0 cm³/mol. The fraction of sp³-hybridized carbons (Fsp3) is 0.222. The number of aryl methyl sites for hydroxylation is 2. The van der Waals surface area contributed by atoms with Gasteiger partial charge >= 0.3 is 0 Å². The first-order chi connectivity index (χ1) is 11.0. The number of amides is 1. The Labute approximate surface area is 139 Å². The fourth-order valence-electron chi connectivity index (χ4n) is 2.34. The molecule has 3 rings (SSSR count). The molecular formula is C18H19N3OS. The maximum atomic E-state index is 12.3. The Morgan fingerprint density at radius 3 is 2.74 bits per heavy atom. The number of rotatable bonds is 4. The molecule has 23 heavy (non-hydrogen) atoms. The quantitative estimate of drug-likeness (QED) is 0.703. The molecule has 0 saturated heterocycles. The average molecular weight is 325 g/mol. The first-order valence-electron chi connectivity index (χ1n) is 7.52. The second kappa shape index (κ2) is 6.46. The number of aromatic nitrogens is 2. The van der Waals surface area contributed by atoms with E-state index in [9.17, 15) is 4.79 Å². The van der Waals surface area contributed by atoms with Crippen LogP contribution in [0.15, 0.2) is 47.6 Å². The molecule has 2 N–H and O–H groups in total. The van der Waals surface area contributed by atoms with Crippen molar-refractivity contribution in [1.29, 1.82) is 0 Å². The number of H-pyrrole nitrogens is 1. The van der Waals surface area contributed by atoms with Crippen molar-refractivity contribution in [2.75, 3.05) is 5.32 Å². The average Bonchev–Trinajstić information content (AvgIpc) is 2.88. The first-order valence-corrected chi connectivity index (χ1v) is 8.40. The largest absolute Gasteiger partial charge is 0.333 e. The molecular weight excluding hydrogens is 306 g/mol. The van der Waals surface area contributed by atoms with Gasteiger partial charge in [-0.1, -0.05) is 30.0 Å². The number of carbonyl (C=O) groups is 1. The number of nitrogens with zero attached hydrogens (tertiary/aromatic N) is 1. The topological polar surface area (TPSA) is 57.8 Å². The maximum Gasteiger partial charge on any atom is 0.237 e. The number of thioether (sulfide) groups is 1. The van der Waals surface area contributed by atoms with Crippen molar-refractivity contribution in [2.45, 2.75) is 31.2 Å². The first kappa shape index (κ1) is 15.6. The molecule has 1 aromatic heterocycles. The minimum absolute atomic E-state index is 0.0303. The SMILES string of the molecule is Cc1cccc(NC(=O)C(C)Sc2nc3ccc(C)cc3[nH]2)c1. The zero-order valence-corrected chi connectivity index (χ0v) is 14.2. The van der Waals surface area contributed by atoms with Crippen molar-refractivity contribution < 1.29 is 4.79 Å². The van der Waals surface area contributed by atoms with Crippen LogP contribution in [0.4, 0.5) is 5.69 Å². The molecule has 4 nitrogen and oxygen atoms in total. The van der Waals surface area contributed by atoms with Crippen LogP contribution in [-0.4, -0.2) is 21.1 Å². The van der Waals surface area contributed by atoms with Gasteiger partial charge in [0.05, 0.1) is 16.3 Å². The standard InChI is InChI=1S/C18H19N3OS/c1-11-5-4-6-14(9-11)19-17(22)13(3)23-18-20-15-8-7-12(2)10-16(15)21-18/h4-10,13H,1-3H3,(H,19,22)(H,20,21). The Kier molecular flexibility index (Phi) is 4.39. The zero-order chi connectivity index (χ0) is 16.4. The molecule has 1 unspecified atom stereocenters. The van der Waals surface area contributed by atoms with E-state index >= 15 is 0 Å². The summed E-state index contributed by atoms with van der Waals surface area (Å²) in [7, 11) is 0. The number of imidazole rings is 1. The van der Waals surface area contributed by atoms with Crippen LogP contribution >= 0.6 is 11.8 Å². The number of nitrogens with one attached hydrogen (secondary N) is 2. The number of aromatic amines is 1. The molecule has 0 fully saturated rings. The van der Waals surface area contributed by atoms with Crippen molar-refractivity contribution >= 4 is 34.4 Å². The van der Waals surface area contributed by atoms with Gasteiger partial charge in [0.1, 0.15) is 0 Å². The second-order valence-corrected chi connectivity index (χ2v) is 7.01. The second-order valence-electron chi connectivity index (χ2n) is 5.68. The molecule has 0 bridgehead atoms. The van der Waals surface area contributed by atoms with Gasteiger partial charge in [-0.15, -0.1) is 0 Å². The number of carbonyl (C=O) groups excluding carboxylic acids is 1. The number of fused-ring (bicyclic) bond motifs is 1. The Bertz CT molecular complexity index is 856. The van der Waals surface area contributed by atoms with Crippen LogP contribution in [0.3, 0.4) is 0 Å². The number of hydrogen-bond acceptors (Lipinski definition) is 3. The van der Waals surface area contributed by atoms with Crippen LogP contribution in [0.1, 0.15) is 18.1 Å². The monoisotopic (exact) mass is 325 g/mol. The Balaban J connectivity index is 1.69. The van der Waals surface area contributed by atoms with E-state index < -0.39 is 0 Å². The highest BCUT2D eigenvalue weighted by molar-refractivity contribution is 8.00. The van der Waals surface area contributed by atoms with Gasteiger partial charge in [-0.3, -0.25) is 4.79 Å². The molecule has 0 aliphatic heterocycles. The lowest BCUT2D eigenvalue weighted by Gasteiger charge is -2.10. The summed E-state index contributed by atoms with van der Waals surface area (Å²) in [6.07, 6.45) is 0. The van der Waals surface area contributed by atoms with Crippen molar-refractivity contribution in [3.63, 3.8) is 0 Å². The smallest absolute Gasteiger partial charge is 0.237 e. The summed E-state index contributed by atoms with van der Waals surface area (Å²) in [6.45, 7) is 5.93. The lowest BCUT2D eigenvalue weighted by atomic mass is 10.2. The van der Waals surface area contributed by atoms with E-state index in [0.29, 0.717) is 0 Å². The summed E-state index contributed by atoms with van der Waals surface area (Å²) in [5.74, 6) is -0.0303. The van der Waals surface area contributed by atoms with Gasteiger partial charge in [0.15, 0.2) is 5.16 Å². The summed E-state index contributed by atoms with van der Waals surface area (Å²) in [6, 6.07) is 13.9. The molecule has 0 aliphatic carbocycles. The third-order valence-electron chi connectivity index (χ3n) is 3.56. The van der Waals surface area contributed by atoms with E-state index in [-0.39, 0.29) is 11.2 Å². The Hall–Kier alpha value is -2.27. The highest BCUT2D eigenvalue weighted by Crippen LogP contribution is 2.25. The van der Waals surface area contributed by atoms with E-state index in [4.69, 9.17) is 0 Å². The normalized spacial score (nSPS) is 12.3.